The molecule has 5 rings (SSSR count). The zero-order valence-electron chi connectivity index (χ0n) is 18.6. The molecule has 3 aliphatic carbocycles. The number of aromatic nitrogens is 1. The fraction of sp³-hybridized carbons (Fsp3) is 0.640. The van der Waals surface area contributed by atoms with E-state index in [1.807, 2.05) is 6.07 Å². The first-order valence-electron chi connectivity index (χ1n) is 11.8. The molecule has 7 atom stereocenters. The number of rotatable bonds is 3. The number of hydrogen-bond acceptors (Lipinski definition) is 4. The monoisotopic (exact) mass is 422 g/mol. The first kappa shape index (κ1) is 20.5. The second-order valence-electron chi connectivity index (χ2n) is 10.7. The maximum atomic E-state index is 12.8. The summed E-state index contributed by atoms with van der Waals surface area (Å²) in [6.07, 6.45) is 11.4. The van der Waals surface area contributed by atoms with Crippen LogP contribution < -0.4 is 16.4 Å². The van der Waals surface area contributed by atoms with Crippen molar-refractivity contribution in [3.8, 4) is 0 Å². The Balaban J connectivity index is 1.30. The van der Waals surface area contributed by atoms with Gasteiger partial charge in [-0.1, -0.05) is 26.0 Å². The molecule has 4 N–H and O–H groups in total. The molecule has 3 fully saturated rings. The summed E-state index contributed by atoms with van der Waals surface area (Å²) < 4.78 is 0. The van der Waals surface area contributed by atoms with Crippen LogP contribution in [0.5, 0.6) is 0 Å². The molecule has 0 radical (unpaired) electrons. The third-order valence-corrected chi connectivity index (χ3v) is 9.35. The van der Waals surface area contributed by atoms with Crippen molar-refractivity contribution in [2.45, 2.75) is 64.8 Å². The highest BCUT2D eigenvalue weighted by Gasteiger charge is 2.59. The Hall–Kier alpha value is -2.37. The molecule has 1 aromatic heterocycles. The number of carbonyl (C=O) groups is 2. The number of amides is 2. The highest BCUT2D eigenvalue weighted by atomic mass is 16.2. The minimum Gasteiger partial charge on any atom is -0.384 e. The number of nitrogens with zero attached hydrogens (tertiary/aromatic N) is 1. The highest BCUT2D eigenvalue weighted by Crippen LogP contribution is 2.65. The first-order chi connectivity index (χ1) is 14.8. The fourth-order valence-corrected chi connectivity index (χ4v) is 7.72. The smallest absolute Gasteiger partial charge is 0.243 e. The number of pyridine rings is 1. The van der Waals surface area contributed by atoms with Gasteiger partial charge in [0.05, 0.1) is 0 Å². The van der Waals surface area contributed by atoms with E-state index in [0.717, 1.165) is 19.3 Å². The number of fused-ring (bicyclic) bond motifs is 5. The normalized spacial score (nSPS) is 41.0. The second kappa shape index (κ2) is 7.35. The molecule has 6 heteroatoms. The van der Waals surface area contributed by atoms with Gasteiger partial charge in [-0.15, -0.1) is 0 Å². The van der Waals surface area contributed by atoms with Crippen LogP contribution in [0.4, 0.5) is 11.6 Å². The summed E-state index contributed by atoms with van der Waals surface area (Å²) in [6.45, 7) is 4.79. The summed E-state index contributed by atoms with van der Waals surface area (Å²) in [5.41, 5.74) is 6.02. The number of nitrogen functional groups attached to an aromatic ring is 1. The minimum atomic E-state index is 0.0423. The molecule has 2 heterocycles. The van der Waals surface area contributed by atoms with E-state index in [1.54, 1.807) is 18.2 Å². The van der Waals surface area contributed by atoms with Gasteiger partial charge in [0.1, 0.15) is 11.6 Å². The standard InChI is InChI=1S/C25H34N4O2/c1-24-12-10-18-16(7-9-19-25(18,2)13-11-22(30)27-19)17(24)8-6-15(24)14-23(31)29-21-5-3-4-20(26)28-21/h3-5,11,13,15-19H,6-10,12,14H2,1-2H3,(H,27,30)(H3,26,28,29,31)/t15-,16+,17+,18+,19-,24-,25-/m1/s1. The summed E-state index contributed by atoms with van der Waals surface area (Å²) >= 11 is 0. The van der Waals surface area contributed by atoms with Crippen molar-refractivity contribution >= 4 is 23.5 Å². The molecular weight excluding hydrogens is 388 g/mol. The first-order valence-corrected chi connectivity index (χ1v) is 11.8. The lowest BCUT2D eigenvalue weighted by molar-refractivity contribution is -0.123. The summed E-state index contributed by atoms with van der Waals surface area (Å²) in [6, 6.07) is 5.59. The highest BCUT2D eigenvalue weighted by molar-refractivity contribution is 5.90. The molecule has 1 aliphatic heterocycles. The van der Waals surface area contributed by atoms with Gasteiger partial charge in [-0.25, -0.2) is 4.98 Å². The van der Waals surface area contributed by atoms with E-state index in [9.17, 15) is 9.59 Å². The molecule has 31 heavy (non-hydrogen) atoms. The molecule has 0 saturated heterocycles. The van der Waals surface area contributed by atoms with E-state index in [2.05, 4.69) is 35.5 Å². The van der Waals surface area contributed by atoms with Crippen LogP contribution in [0.25, 0.3) is 0 Å². The Morgan fingerprint density at radius 1 is 1.19 bits per heavy atom. The van der Waals surface area contributed by atoms with E-state index in [-0.39, 0.29) is 28.7 Å². The van der Waals surface area contributed by atoms with Gasteiger partial charge in [0, 0.05) is 17.9 Å². The average Bonchev–Trinajstić information content (AvgIpc) is 3.05. The maximum Gasteiger partial charge on any atom is 0.243 e. The van der Waals surface area contributed by atoms with Crippen LogP contribution in [0.1, 0.15) is 58.8 Å². The third-order valence-electron chi connectivity index (χ3n) is 9.35. The summed E-state index contributed by atoms with van der Waals surface area (Å²) in [4.78, 5) is 28.9. The molecule has 0 spiro atoms. The van der Waals surface area contributed by atoms with Crippen LogP contribution in [0.3, 0.4) is 0 Å². The molecule has 4 aliphatic rings. The van der Waals surface area contributed by atoms with Gasteiger partial charge >= 0.3 is 0 Å². The van der Waals surface area contributed by atoms with Crippen molar-refractivity contribution in [2.75, 3.05) is 11.1 Å². The predicted octanol–water partition coefficient (Wildman–Crippen LogP) is 3.91. The Labute approximate surface area is 184 Å². The zero-order valence-corrected chi connectivity index (χ0v) is 18.6. The van der Waals surface area contributed by atoms with Gasteiger partial charge in [0.2, 0.25) is 11.8 Å². The van der Waals surface area contributed by atoms with Crippen LogP contribution in [0, 0.1) is 34.5 Å². The molecule has 6 nitrogen and oxygen atoms in total. The molecule has 3 saturated carbocycles. The van der Waals surface area contributed by atoms with Crippen LogP contribution >= 0.6 is 0 Å². The zero-order chi connectivity index (χ0) is 21.8. The van der Waals surface area contributed by atoms with E-state index in [4.69, 9.17) is 5.73 Å². The summed E-state index contributed by atoms with van der Waals surface area (Å²) in [7, 11) is 0. The van der Waals surface area contributed by atoms with Crippen molar-refractivity contribution < 1.29 is 9.59 Å². The molecule has 0 aromatic carbocycles. The van der Waals surface area contributed by atoms with Crippen molar-refractivity contribution in [1.29, 1.82) is 0 Å². The van der Waals surface area contributed by atoms with Gasteiger partial charge in [-0.05, 0) is 85.8 Å². The van der Waals surface area contributed by atoms with Crippen LogP contribution in [-0.4, -0.2) is 22.8 Å². The van der Waals surface area contributed by atoms with Crippen LogP contribution in [0.15, 0.2) is 30.4 Å². The maximum absolute atomic E-state index is 12.8. The van der Waals surface area contributed by atoms with Crippen LogP contribution in [0.2, 0.25) is 0 Å². The molecule has 0 bridgehead atoms. The van der Waals surface area contributed by atoms with Crippen LogP contribution in [-0.2, 0) is 9.59 Å². The molecule has 1 aromatic rings. The number of anilines is 2. The van der Waals surface area contributed by atoms with Gasteiger partial charge < -0.3 is 16.4 Å². The van der Waals surface area contributed by atoms with Crippen molar-refractivity contribution in [3.05, 3.63) is 30.4 Å². The Morgan fingerprint density at radius 3 is 2.84 bits per heavy atom. The van der Waals surface area contributed by atoms with Crippen molar-refractivity contribution in [2.24, 2.45) is 34.5 Å². The number of carbonyl (C=O) groups excluding carboxylic acids is 2. The SMILES string of the molecule is C[C@]12C=CC(=O)N[C@@H]1CC[C@@H]1[C@@H]2CC[C@]2(C)[C@@H](CC(=O)Nc3cccc(N)n3)CC[C@@H]12. The number of hydrogen-bond donors (Lipinski definition) is 3. The predicted molar refractivity (Wildman–Crippen MR) is 121 cm³/mol. The van der Waals surface area contributed by atoms with Gasteiger partial charge in [-0.3, -0.25) is 9.59 Å². The fourth-order valence-electron chi connectivity index (χ4n) is 7.72. The lowest BCUT2D eigenvalue weighted by Gasteiger charge is -2.59. The van der Waals surface area contributed by atoms with Crippen molar-refractivity contribution in [1.82, 2.24) is 10.3 Å². The quantitative estimate of drug-likeness (QED) is 0.688. The lowest BCUT2D eigenvalue weighted by Crippen LogP contribution is -2.59. The summed E-state index contributed by atoms with van der Waals surface area (Å²) in [5, 5.41) is 6.18. The van der Waals surface area contributed by atoms with E-state index >= 15 is 0 Å². The second-order valence-corrected chi connectivity index (χ2v) is 10.7. The molecule has 0 unspecified atom stereocenters. The number of nitrogens with two attached hydrogens (primary N) is 1. The number of nitrogens with one attached hydrogen (secondary N) is 2. The lowest BCUT2D eigenvalue weighted by atomic mass is 9.48. The van der Waals surface area contributed by atoms with E-state index < -0.39 is 0 Å². The largest absolute Gasteiger partial charge is 0.384 e. The van der Waals surface area contributed by atoms with Gasteiger partial charge in [0.25, 0.3) is 0 Å². The Morgan fingerprint density at radius 2 is 2.03 bits per heavy atom. The minimum absolute atomic E-state index is 0.0423. The molecule has 166 valence electrons. The average molecular weight is 423 g/mol. The topological polar surface area (TPSA) is 97.1 Å². The van der Waals surface area contributed by atoms with Gasteiger partial charge in [-0.2, -0.15) is 0 Å². The van der Waals surface area contributed by atoms with Crippen molar-refractivity contribution in [3.63, 3.8) is 0 Å². The Kier molecular flexibility index (Phi) is 4.87. The summed E-state index contributed by atoms with van der Waals surface area (Å²) in [5.74, 6) is 3.43. The van der Waals surface area contributed by atoms with E-state index in [0.29, 0.717) is 41.7 Å². The Bertz CT molecular complexity index is 930. The molecular formula is C25H34N4O2. The third kappa shape index (κ3) is 3.35. The molecule has 2 amide bonds. The van der Waals surface area contributed by atoms with Gasteiger partial charge in [0.15, 0.2) is 0 Å². The van der Waals surface area contributed by atoms with E-state index in [1.165, 1.54) is 19.3 Å².